The zero-order valence-electron chi connectivity index (χ0n) is 12.2. The first-order chi connectivity index (χ1) is 9.99. The molecule has 1 rings (SSSR count). The van der Waals surface area contributed by atoms with Crippen molar-refractivity contribution in [3.63, 3.8) is 0 Å². The fraction of sp³-hybridized carbons (Fsp3) is 0.357. The molecule has 3 N–H and O–H groups in total. The van der Waals surface area contributed by atoms with Gasteiger partial charge in [-0.05, 0) is 25.5 Å². The number of nitrogens with one attached hydrogen (secondary N) is 2. The molecule has 0 heterocycles. The second kappa shape index (κ2) is 7.88. The third kappa shape index (κ3) is 4.79. The van der Waals surface area contributed by atoms with Crippen molar-refractivity contribution in [2.75, 3.05) is 7.11 Å². The van der Waals surface area contributed by atoms with E-state index in [1.54, 1.807) is 25.1 Å². The summed E-state index contributed by atoms with van der Waals surface area (Å²) in [5.41, 5.74) is 2.45. The lowest BCUT2D eigenvalue weighted by atomic mass is 10.2. The lowest BCUT2D eigenvalue weighted by Gasteiger charge is -2.09. The minimum absolute atomic E-state index is 0.0883. The highest BCUT2D eigenvalue weighted by Crippen LogP contribution is 2.27. The van der Waals surface area contributed by atoms with E-state index in [0.29, 0.717) is 11.3 Å². The lowest BCUT2D eigenvalue weighted by Crippen LogP contribution is -2.41. The van der Waals surface area contributed by atoms with E-state index < -0.39 is 11.8 Å². The molecule has 0 bridgehead atoms. The normalized spacial score (nSPS) is 12.0. The van der Waals surface area contributed by atoms with E-state index in [1.807, 2.05) is 6.92 Å². The van der Waals surface area contributed by atoms with Gasteiger partial charge in [-0.15, -0.1) is 0 Å². The highest BCUT2D eigenvalue weighted by atomic mass is 16.5. The van der Waals surface area contributed by atoms with Crippen LogP contribution in [0.2, 0.25) is 0 Å². The van der Waals surface area contributed by atoms with Gasteiger partial charge in [0.25, 0.3) is 0 Å². The first-order valence-corrected chi connectivity index (χ1v) is 6.49. The molecule has 0 saturated heterocycles. The molecule has 0 radical (unpaired) electrons. The molecular formula is C14H19N3O4. The molecule has 114 valence electrons. The van der Waals surface area contributed by atoms with Gasteiger partial charge in [0.05, 0.1) is 13.3 Å². The van der Waals surface area contributed by atoms with Crippen LogP contribution in [0.1, 0.15) is 25.8 Å². The summed E-state index contributed by atoms with van der Waals surface area (Å²) in [5.74, 6) is -1.42. The number of nitrogens with zero attached hydrogens (tertiary/aromatic N) is 1. The van der Waals surface area contributed by atoms with Gasteiger partial charge in [-0.25, -0.2) is 5.43 Å². The van der Waals surface area contributed by atoms with Crippen molar-refractivity contribution in [3.8, 4) is 11.5 Å². The van der Waals surface area contributed by atoms with Crippen molar-refractivity contribution < 1.29 is 19.4 Å². The Bertz CT molecular complexity index is 543. The monoisotopic (exact) mass is 293 g/mol. The molecule has 0 saturated carbocycles. The Hall–Kier alpha value is -2.57. The zero-order chi connectivity index (χ0) is 15.8. The summed E-state index contributed by atoms with van der Waals surface area (Å²) in [6.45, 7) is 3.69. The zero-order valence-corrected chi connectivity index (χ0v) is 12.2. The molecule has 0 aliphatic heterocycles. The highest BCUT2D eigenvalue weighted by molar-refractivity contribution is 6.35. The van der Waals surface area contributed by atoms with Crippen LogP contribution in [-0.2, 0) is 9.59 Å². The standard InChI is InChI=1S/C14H19N3O4/c1-4-9(2)16-13(19)14(20)17-15-8-10-6-5-7-11(21-3)12(10)18/h5-9,18H,4H2,1-3H3,(H,16,19)(H,17,20)/b15-8-/t9-/m1/s1. The molecule has 2 amide bonds. The van der Waals surface area contributed by atoms with Gasteiger partial charge >= 0.3 is 11.8 Å². The number of rotatable bonds is 5. The van der Waals surface area contributed by atoms with E-state index in [-0.39, 0.29) is 11.8 Å². The maximum absolute atomic E-state index is 11.5. The van der Waals surface area contributed by atoms with Gasteiger partial charge < -0.3 is 15.2 Å². The van der Waals surface area contributed by atoms with Gasteiger partial charge in [0, 0.05) is 11.6 Å². The Balaban J connectivity index is 2.62. The molecule has 0 fully saturated rings. The summed E-state index contributed by atoms with van der Waals surface area (Å²) in [6.07, 6.45) is 1.95. The molecule has 0 aliphatic carbocycles. The minimum atomic E-state index is -0.867. The molecule has 7 nitrogen and oxygen atoms in total. The summed E-state index contributed by atoms with van der Waals surface area (Å²) in [5, 5.41) is 16.0. The predicted octanol–water partition coefficient (Wildman–Crippen LogP) is 0.766. The number of hydrogen-bond donors (Lipinski definition) is 3. The minimum Gasteiger partial charge on any atom is -0.504 e. The van der Waals surface area contributed by atoms with Crippen LogP contribution in [0, 0.1) is 0 Å². The molecule has 21 heavy (non-hydrogen) atoms. The van der Waals surface area contributed by atoms with E-state index >= 15 is 0 Å². The summed E-state index contributed by atoms with van der Waals surface area (Å²) < 4.78 is 4.94. The number of hydrazone groups is 1. The number of hydrogen-bond acceptors (Lipinski definition) is 5. The number of methoxy groups -OCH3 is 1. The average molecular weight is 293 g/mol. The molecule has 0 unspecified atom stereocenters. The number of phenols is 1. The molecule has 0 aromatic heterocycles. The van der Waals surface area contributed by atoms with Crippen LogP contribution in [-0.4, -0.2) is 36.3 Å². The fourth-order valence-corrected chi connectivity index (χ4v) is 1.41. The van der Waals surface area contributed by atoms with Crippen molar-refractivity contribution in [1.82, 2.24) is 10.7 Å². The van der Waals surface area contributed by atoms with Crippen LogP contribution in [0.4, 0.5) is 0 Å². The van der Waals surface area contributed by atoms with Crippen LogP contribution in [0.5, 0.6) is 11.5 Å². The van der Waals surface area contributed by atoms with Crippen LogP contribution in [0.15, 0.2) is 23.3 Å². The van der Waals surface area contributed by atoms with Crippen LogP contribution < -0.4 is 15.5 Å². The largest absolute Gasteiger partial charge is 0.504 e. The summed E-state index contributed by atoms with van der Waals surface area (Å²) >= 11 is 0. The maximum atomic E-state index is 11.5. The third-order valence-corrected chi connectivity index (χ3v) is 2.82. The number of para-hydroxylation sites is 1. The van der Waals surface area contributed by atoms with Gasteiger partial charge in [0.2, 0.25) is 0 Å². The van der Waals surface area contributed by atoms with E-state index in [4.69, 9.17) is 4.74 Å². The molecule has 7 heteroatoms. The Morgan fingerprint density at radius 3 is 2.76 bits per heavy atom. The molecule has 1 atom stereocenters. The lowest BCUT2D eigenvalue weighted by molar-refractivity contribution is -0.139. The molecular weight excluding hydrogens is 274 g/mol. The summed E-state index contributed by atoms with van der Waals surface area (Å²) in [4.78, 5) is 22.9. The van der Waals surface area contributed by atoms with Gasteiger partial charge in [-0.2, -0.15) is 5.10 Å². The average Bonchev–Trinajstić information content (AvgIpc) is 2.48. The van der Waals surface area contributed by atoms with Crippen LogP contribution >= 0.6 is 0 Å². The third-order valence-electron chi connectivity index (χ3n) is 2.82. The van der Waals surface area contributed by atoms with E-state index in [2.05, 4.69) is 15.8 Å². The highest BCUT2D eigenvalue weighted by Gasteiger charge is 2.14. The first-order valence-electron chi connectivity index (χ1n) is 6.49. The topological polar surface area (TPSA) is 100 Å². The van der Waals surface area contributed by atoms with Crippen LogP contribution in [0.3, 0.4) is 0 Å². The Labute approximate surface area is 123 Å². The fourth-order valence-electron chi connectivity index (χ4n) is 1.41. The number of phenolic OH excluding ortho intramolecular Hbond substituents is 1. The Morgan fingerprint density at radius 1 is 1.43 bits per heavy atom. The van der Waals surface area contributed by atoms with Crippen molar-refractivity contribution in [2.45, 2.75) is 26.3 Å². The number of carbonyl (C=O) groups excluding carboxylic acids is 2. The molecule has 1 aromatic rings. The number of carbonyl (C=O) groups is 2. The Morgan fingerprint density at radius 2 is 2.14 bits per heavy atom. The molecule has 1 aromatic carbocycles. The maximum Gasteiger partial charge on any atom is 0.329 e. The van der Waals surface area contributed by atoms with Gasteiger partial charge in [0.1, 0.15) is 0 Å². The van der Waals surface area contributed by atoms with Crippen molar-refractivity contribution in [1.29, 1.82) is 0 Å². The molecule has 0 aliphatic rings. The second-order valence-corrected chi connectivity index (χ2v) is 4.38. The quantitative estimate of drug-likeness (QED) is 0.424. The number of aromatic hydroxyl groups is 1. The van der Waals surface area contributed by atoms with Gasteiger partial charge in [-0.1, -0.05) is 13.0 Å². The van der Waals surface area contributed by atoms with E-state index in [9.17, 15) is 14.7 Å². The van der Waals surface area contributed by atoms with Crippen molar-refractivity contribution >= 4 is 18.0 Å². The van der Waals surface area contributed by atoms with E-state index in [1.165, 1.54) is 13.3 Å². The number of ether oxygens (including phenoxy) is 1. The molecule has 0 spiro atoms. The summed E-state index contributed by atoms with van der Waals surface area (Å²) in [7, 11) is 1.43. The van der Waals surface area contributed by atoms with Gasteiger partial charge in [-0.3, -0.25) is 9.59 Å². The smallest absolute Gasteiger partial charge is 0.329 e. The SMILES string of the molecule is CC[C@@H](C)NC(=O)C(=O)N/N=C\c1cccc(OC)c1O. The number of benzene rings is 1. The predicted molar refractivity (Wildman–Crippen MR) is 78.3 cm³/mol. The van der Waals surface area contributed by atoms with Crippen molar-refractivity contribution in [3.05, 3.63) is 23.8 Å². The van der Waals surface area contributed by atoms with Crippen LogP contribution in [0.25, 0.3) is 0 Å². The second-order valence-electron chi connectivity index (χ2n) is 4.38. The Kier molecular flexibility index (Phi) is 6.19. The number of amides is 2. The summed E-state index contributed by atoms with van der Waals surface area (Å²) in [6, 6.07) is 4.75. The van der Waals surface area contributed by atoms with E-state index in [0.717, 1.165) is 6.42 Å². The van der Waals surface area contributed by atoms with Crippen molar-refractivity contribution in [2.24, 2.45) is 5.10 Å². The van der Waals surface area contributed by atoms with Gasteiger partial charge in [0.15, 0.2) is 11.5 Å². The first kappa shape index (κ1) is 16.5.